The molecule has 0 unspecified atom stereocenters. The van der Waals surface area contributed by atoms with Crippen molar-refractivity contribution in [3.8, 4) is 22.3 Å². The molecule has 0 saturated heterocycles. The topological polar surface area (TPSA) is 152 Å². The van der Waals surface area contributed by atoms with Crippen LogP contribution in [0.25, 0.3) is 65.3 Å². The van der Waals surface area contributed by atoms with Crippen molar-refractivity contribution in [2.24, 2.45) is 0 Å². The number of ether oxygens (including phenoxy) is 2. The number of esters is 1. The van der Waals surface area contributed by atoms with Crippen molar-refractivity contribution in [3.05, 3.63) is 204 Å². The number of amides is 4. The number of hydrogen-bond acceptors (Lipinski definition) is 7. The van der Waals surface area contributed by atoms with Crippen molar-refractivity contribution in [3.63, 3.8) is 0 Å². The summed E-state index contributed by atoms with van der Waals surface area (Å²) < 4.78 is 12.1. The first-order valence-corrected chi connectivity index (χ1v) is 27.0. The number of fused-ring (bicyclic) bond motifs is 14. The van der Waals surface area contributed by atoms with Crippen LogP contribution in [0.15, 0.2) is 176 Å². The summed E-state index contributed by atoms with van der Waals surface area (Å²) in [6, 6.07) is 58.0. The second-order valence-corrected chi connectivity index (χ2v) is 23.5. The van der Waals surface area contributed by atoms with Crippen molar-refractivity contribution in [1.82, 2.24) is 21.3 Å². The van der Waals surface area contributed by atoms with Gasteiger partial charge in [0.25, 0.3) is 0 Å². The zero-order valence-corrected chi connectivity index (χ0v) is 45.6. The van der Waals surface area contributed by atoms with E-state index in [0.717, 1.165) is 93.2 Å². The predicted octanol–water partition coefficient (Wildman–Crippen LogP) is 12.2. The average molecular weight is 1050 g/mol. The molecule has 4 amide bonds. The first-order valence-electron chi connectivity index (χ1n) is 27.0. The Morgan fingerprint density at radius 2 is 0.785 bits per heavy atom. The lowest BCUT2D eigenvalue weighted by atomic mass is 9.84. The van der Waals surface area contributed by atoms with Crippen LogP contribution in [0.4, 0.5) is 4.79 Å². The Hall–Kier alpha value is -8.83. The van der Waals surface area contributed by atoms with Gasteiger partial charge in [0.1, 0.15) is 34.4 Å². The number of benzene rings is 9. The molecule has 9 aromatic rings. The van der Waals surface area contributed by atoms with E-state index >= 15 is 14.4 Å². The van der Waals surface area contributed by atoms with Gasteiger partial charge in [0.15, 0.2) is 0 Å². The summed E-state index contributed by atoms with van der Waals surface area (Å²) in [6.07, 6.45) is -0.557. The highest BCUT2D eigenvalue weighted by Crippen LogP contribution is 2.46. The summed E-state index contributed by atoms with van der Waals surface area (Å²) in [7, 11) is 0. The third-order valence-electron chi connectivity index (χ3n) is 15.6. The van der Waals surface area contributed by atoms with E-state index in [9.17, 15) is 9.59 Å². The number of alkyl carbamates (subject to hydrolysis) is 1. The van der Waals surface area contributed by atoms with Crippen molar-refractivity contribution in [2.45, 2.75) is 109 Å². The van der Waals surface area contributed by atoms with E-state index in [1.54, 1.807) is 48.5 Å². The van der Waals surface area contributed by atoms with Crippen LogP contribution in [0.2, 0.25) is 0 Å². The van der Waals surface area contributed by atoms with Crippen LogP contribution in [-0.2, 0) is 60.9 Å². The van der Waals surface area contributed by atoms with E-state index in [1.807, 2.05) is 127 Å². The van der Waals surface area contributed by atoms with Crippen molar-refractivity contribution in [2.75, 3.05) is 0 Å². The molecule has 0 aliphatic heterocycles. The maximum Gasteiger partial charge on any atom is 0.408 e. The Morgan fingerprint density at radius 1 is 0.418 bits per heavy atom. The lowest BCUT2D eigenvalue weighted by Gasteiger charge is -2.39. The molecule has 0 aromatic heterocycles. The normalized spacial score (nSPS) is 14.6. The van der Waals surface area contributed by atoms with E-state index in [0.29, 0.717) is 0 Å². The molecule has 398 valence electrons. The molecule has 2 aliphatic rings. The smallest absolute Gasteiger partial charge is 0.408 e. The molecule has 0 saturated carbocycles. The van der Waals surface area contributed by atoms with Crippen LogP contribution in [0.3, 0.4) is 0 Å². The summed E-state index contributed by atoms with van der Waals surface area (Å²) >= 11 is 0. The largest absolute Gasteiger partial charge is 0.458 e. The summed E-state index contributed by atoms with van der Waals surface area (Å²) in [5.74, 6) is -2.58. The molecule has 11 rings (SSSR count). The number of hydrogen-bond donors (Lipinski definition) is 4. The summed E-state index contributed by atoms with van der Waals surface area (Å²) in [5, 5.41) is 20.3. The van der Waals surface area contributed by atoms with Crippen LogP contribution < -0.4 is 21.3 Å². The molecule has 0 atom stereocenters. The van der Waals surface area contributed by atoms with Crippen molar-refractivity contribution < 1.29 is 33.4 Å². The molecule has 0 bridgehead atoms. The molecular weight excluding hydrogens is 985 g/mol. The molecule has 2 aliphatic carbocycles. The van der Waals surface area contributed by atoms with E-state index < -0.39 is 57.5 Å². The maximum absolute atomic E-state index is 15.6. The molecule has 0 radical (unpaired) electrons. The fourth-order valence-electron chi connectivity index (χ4n) is 11.7. The van der Waals surface area contributed by atoms with Crippen LogP contribution in [0.1, 0.15) is 76.3 Å². The Morgan fingerprint density at radius 3 is 1.19 bits per heavy atom. The van der Waals surface area contributed by atoms with E-state index in [1.165, 1.54) is 0 Å². The lowest BCUT2D eigenvalue weighted by Crippen LogP contribution is -2.69. The molecule has 0 heterocycles. The number of carbonyl (C=O) groups excluding carboxylic acids is 5. The highest BCUT2D eigenvalue weighted by atomic mass is 16.6. The van der Waals surface area contributed by atoms with Gasteiger partial charge < -0.3 is 30.7 Å². The third-order valence-corrected chi connectivity index (χ3v) is 15.6. The van der Waals surface area contributed by atoms with Crippen LogP contribution >= 0.6 is 0 Å². The minimum atomic E-state index is -1.70. The minimum Gasteiger partial charge on any atom is -0.458 e. The summed E-state index contributed by atoms with van der Waals surface area (Å²) in [6.45, 7) is 11.6. The monoisotopic (exact) mass is 1050 g/mol. The van der Waals surface area contributed by atoms with Gasteiger partial charge in [-0.25, -0.2) is 9.59 Å². The number of carbonyl (C=O) groups is 5. The van der Waals surface area contributed by atoms with Gasteiger partial charge in [-0.05, 0) is 142 Å². The highest BCUT2D eigenvalue weighted by Gasteiger charge is 2.51. The Bertz CT molecular complexity index is 3770. The Balaban J connectivity index is 0.933. The second-order valence-electron chi connectivity index (χ2n) is 23.5. The molecule has 4 N–H and O–H groups in total. The van der Waals surface area contributed by atoms with Crippen molar-refractivity contribution >= 4 is 72.9 Å². The van der Waals surface area contributed by atoms with Crippen LogP contribution in [0.5, 0.6) is 0 Å². The van der Waals surface area contributed by atoms with E-state index in [-0.39, 0.29) is 32.3 Å². The zero-order valence-electron chi connectivity index (χ0n) is 45.6. The highest BCUT2D eigenvalue weighted by molar-refractivity contribution is 6.11. The lowest BCUT2D eigenvalue weighted by molar-refractivity contribution is -0.165. The van der Waals surface area contributed by atoms with E-state index in [4.69, 9.17) is 9.47 Å². The van der Waals surface area contributed by atoms with Gasteiger partial charge in [0.2, 0.25) is 17.7 Å². The fraction of sp³-hybridized carbons (Fsp3) is 0.250. The average Bonchev–Trinajstić information content (AvgIpc) is 3.92. The fourth-order valence-corrected chi connectivity index (χ4v) is 11.7. The van der Waals surface area contributed by atoms with Gasteiger partial charge in [0.05, 0.1) is 0 Å². The first-order chi connectivity index (χ1) is 37.7. The second kappa shape index (κ2) is 19.9. The molecule has 9 aromatic carbocycles. The van der Waals surface area contributed by atoms with Gasteiger partial charge in [-0.15, -0.1) is 0 Å². The summed E-state index contributed by atoms with van der Waals surface area (Å²) in [5.41, 5.74) is 0.349. The third kappa shape index (κ3) is 9.94. The first kappa shape index (κ1) is 52.2. The van der Waals surface area contributed by atoms with E-state index in [2.05, 4.69) is 69.8 Å². The van der Waals surface area contributed by atoms with Gasteiger partial charge in [-0.3, -0.25) is 14.4 Å². The van der Waals surface area contributed by atoms with Gasteiger partial charge in [0, 0.05) is 25.7 Å². The van der Waals surface area contributed by atoms with Crippen LogP contribution in [-0.4, -0.2) is 57.5 Å². The van der Waals surface area contributed by atoms with Crippen LogP contribution in [0, 0.1) is 0 Å². The number of nitrogens with one attached hydrogen (secondary N) is 4. The Labute approximate surface area is 460 Å². The minimum absolute atomic E-state index is 0.0403. The molecular formula is C68H64N4O7. The molecule has 11 nitrogen and oxygen atoms in total. The van der Waals surface area contributed by atoms with Gasteiger partial charge in [-0.1, -0.05) is 176 Å². The van der Waals surface area contributed by atoms with Gasteiger partial charge in [-0.2, -0.15) is 0 Å². The molecule has 11 heteroatoms. The Kier molecular flexibility index (Phi) is 13.1. The molecule has 0 spiro atoms. The quantitative estimate of drug-likeness (QED) is 0.0995. The maximum atomic E-state index is 15.6. The van der Waals surface area contributed by atoms with Gasteiger partial charge >= 0.3 is 12.1 Å². The molecule has 0 fully saturated rings. The SMILES string of the molecule is CC(C)(C)OC(=O)C1(NC(=O)C(C)(C)NC(=O)C(C)(C)NC(=O)C2(NC(=O)OCc3ccccc3)Cc3ccc4ccccc4c3-c3c(ccc4ccccc34)C2)Cc2ccc3ccccc3c2-c2c(ccc3ccccc23)C1. The van der Waals surface area contributed by atoms with Crippen molar-refractivity contribution in [1.29, 1.82) is 0 Å². The number of rotatable bonds is 10. The zero-order chi connectivity index (χ0) is 55.5. The predicted molar refractivity (Wildman–Crippen MR) is 312 cm³/mol. The summed E-state index contributed by atoms with van der Waals surface area (Å²) in [4.78, 5) is 75.1. The molecule has 79 heavy (non-hydrogen) atoms. The standard InChI is InChI=1S/C68H64N4O7/c1-64(2,3)79-62(76)68(39-49-35-31-45-23-13-17-27-53(45)57(49)58-50(40-68)36-32-46-24-14-18-28-54(46)58)71-60(74)66(6,7)69-59(73)65(4,5)70-61(75)67(72-63(77)78-41-42-19-9-8-10-20-42)37-47-33-29-43-21-11-15-25-51(43)55(47)56-48(38-67)34-30-44-22-12-16-26-52(44)56/h8-36H,37-41H2,1-7H3,(H,69,73)(H,70,75)(H,71,74)(H,72,77).